The van der Waals surface area contributed by atoms with Crippen molar-refractivity contribution in [3.63, 3.8) is 0 Å². The zero-order valence-electron chi connectivity index (χ0n) is 4.66. The molecule has 3 nitrogen and oxygen atoms in total. The summed E-state index contributed by atoms with van der Waals surface area (Å²) in [6, 6.07) is -1.22. The molecular formula is CH3Cl6MoN2O. The molecule has 3 N–H and O–H groups in total. The predicted molar refractivity (Wildman–Crippen MR) is 47.8 cm³/mol. The minimum absolute atomic E-state index is 1.22. The van der Waals surface area contributed by atoms with Gasteiger partial charge in [0.2, 0.25) is 0 Å². The van der Waals surface area contributed by atoms with Crippen LogP contribution in [0.25, 0.3) is 0 Å². The van der Waals surface area contributed by atoms with Crippen molar-refractivity contribution in [3.05, 3.63) is 0 Å². The molecule has 0 fully saturated rings. The van der Waals surface area contributed by atoms with Crippen LogP contribution in [-0.4, -0.2) is 6.03 Å². The molecule has 0 radical (unpaired) electrons. The Morgan fingerprint density at radius 3 is 1.36 bits per heavy atom. The molecular weight excluding hydrogens is 365 g/mol. The molecule has 0 heterocycles. The van der Waals surface area contributed by atoms with E-state index < -0.39 is 12.3 Å². The summed E-state index contributed by atoms with van der Waals surface area (Å²) < 4.78 is 1.52. The summed E-state index contributed by atoms with van der Waals surface area (Å²) in [5.41, 5.74) is 4.62. The molecule has 0 aromatic rings. The standard InChI is InChI=1S/CH4N2O.6ClH.Mo/c2-1(3)4;;;;;;;/h(H4,2,3,4);6*1H;/q;;;;;;;+7/p-7. The molecule has 0 atom stereocenters. The minimum atomic E-state index is -6.83. The number of rotatable bonds is 1. The molecule has 71 valence electrons. The van der Waals surface area contributed by atoms with Gasteiger partial charge in [-0.15, -0.1) is 0 Å². The fourth-order valence-corrected chi connectivity index (χ4v) is 4.05. The molecule has 0 aromatic carbocycles. The molecule has 10 heteroatoms. The fourth-order valence-electron chi connectivity index (χ4n) is 0.228. The summed E-state index contributed by atoms with van der Waals surface area (Å²) in [6.07, 6.45) is -6.83. The Hall–Kier alpha value is 1.70. The van der Waals surface area contributed by atoms with Crippen molar-refractivity contribution in [1.82, 2.24) is 3.88 Å². The van der Waals surface area contributed by atoms with Gasteiger partial charge in [-0.25, -0.2) is 0 Å². The number of amides is 2. The van der Waals surface area contributed by atoms with Crippen molar-refractivity contribution < 1.29 is 11.1 Å². The Bertz CT molecular complexity index is 212. The van der Waals surface area contributed by atoms with E-state index in [-0.39, 0.29) is 0 Å². The van der Waals surface area contributed by atoms with E-state index >= 15 is 0 Å². The van der Waals surface area contributed by atoms with Crippen LogP contribution in [0.2, 0.25) is 0 Å². The molecule has 0 unspecified atom stereocenters. The summed E-state index contributed by atoms with van der Waals surface area (Å²) in [5.74, 6) is 0. The van der Waals surface area contributed by atoms with Crippen molar-refractivity contribution in [3.8, 4) is 0 Å². The topological polar surface area (TPSA) is 55.1 Å². The Kier molecular flexibility index (Phi) is 2.17. The second kappa shape index (κ2) is 1.88. The van der Waals surface area contributed by atoms with Gasteiger partial charge in [-0.3, -0.25) is 0 Å². The maximum atomic E-state index is 10.3. The first kappa shape index (κ1) is 12.7. The average Bonchev–Trinajstić information content (AvgIpc) is 1.09. The van der Waals surface area contributed by atoms with Crippen LogP contribution in [0, 0.1) is 0 Å². The van der Waals surface area contributed by atoms with Crippen LogP contribution in [0.1, 0.15) is 0 Å². The van der Waals surface area contributed by atoms with Crippen molar-refractivity contribution in [2.45, 2.75) is 0 Å². The van der Waals surface area contributed by atoms with Gasteiger partial charge < -0.3 is 0 Å². The van der Waals surface area contributed by atoms with Gasteiger partial charge >= 0.3 is 83.3 Å². The van der Waals surface area contributed by atoms with Crippen molar-refractivity contribution in [2.75, 3.05) is 0 Å². The van der Waals surface area contributed by atoms with Crippen molar-refractivity contribution in [1.29, 1.82) is 0 Å². The normalized spacial score (nSPS) is 22.2. The van der Waals surface area contributed by atoms with Crippen LogP contribution in [-0.2, 0) is 6.31 Å². The summed E-state index contributed by atoms with van der Waals surface area (Å²) in [4.78, 5) is 10.3. The van der Waals surface area contributed by atoms with Crippen LogP contribution in [0.15, 0.2) is 0 Å². The monoisotopic (exact) mass is 367 g/mol. The SMILES string of the molecule is NC(=O)[NH][Mo]([Cl])([Cl])([Cl])([Cl])([Cl])[Cl]. The van der Waals surface area contributed by atoms with Gasteiger partial charge in [0, 0.05) is 0 Å². The van der Waals surface area contributed by atoms with Gasteiger partial charge in [-0.05, 0) is 0 Å². The number of carbonyl (C=O) groups is 1. The fraction of sp³-hybridized carbons (Fsp3) is 0. The molecule has 0 bridgehead atoms. The molecule has 0 aromatic heterocycles. The molecule has 0 rings (SSSR count). The maximum absolute atomic E-state index is 10.3. The summed E-state index contributed by atoms with van der Waals surface area (Å²) in [5, 5.41) is 0. The zero-order chi connectivity index (χ0) is 9.66. The van der Waals surface area contributed by atoms with E-state index in [1.807, 2.05) is 0 Å². The third-order valence-corrected chi connectivity index (χ3v) is 4.70. The second-order valence-corrected chi connectivity index (χ2v) is 55.8. The first-order valence-electron chi connectivity index (χ1n) is 1.87. The van der Waals surface area contributed by atoms with Crippen LogP contribution in [0.5, 0.6) is 0 Å². The van der Waals surface area contributed by atoms with E-state index in [2.05, 4.69) is 5.73 Å². The molecule has 0 aliphatic heterocycles. The summed E-state index contributed by atoms with van der Waals surface area (Å²) >= 11 is 0. The Morgan fingerprint density at radius 1 is 1.09 bits per heavy atom. The molecule has 11 heavy (non-hydrogen) atoms. The first-order valence-corrected chi connectivity index (χ1v) is 18.4. The van der Waals surface area contributed by atoms with Crippen LogP contribution in [0.3, 0.4) is 0 Å². The third-order valence-electron chi connectivity index (χ3n) is 0.332. The average molecular weight is 368 g/mol. The number of urea groups is 1. The molecule has 0 aliphatic rings. The van der Waals surface area contributed by atoms with Crippen LogP contribution in [0.4, 0.5) is 4.79 Å². The molecule has 0 saturated carbocycles. The van der Waals surface area contributed by atoms with E-state index in [9.17, 15) is 4.79 Å². The van der Waals surface area contributed by atoms with Gasteiger partial charge in [0.15, 0.2) is 0 Å². The number of nitrogens with two attached hydrogens (primary N) is 1. The number of primary amides is 1. The summed E-state index contributed by atoms with van der Waals surface area (Å²) in [6.45, 7) is 0. The predicted octanol–water partition coefficient (Wildman–Crippen LogP) is 3.25. The van der Waals surface area contributed by atoms with Gasteiger partial charge in [-0.2, -0.15) is 0 Å². The number of hydrogen-bond donors (Lipinski definition) is 2. The third kappa shape index (κ3) is 11.7. The summed E-state index contributed by atoms with van der Waals surface area (Å²) in [7, 11) is 31.7. The van der Waals surface area contributed by atoms with E-state index in [1.165, 1.54) is 3.88 Å². The molecule has 0 aliphatic carbocycles. The van der Waals surface area contributed by atoms with E-state index in [1.54, 1.807) is 0 Å². The number of hydrogen-bond acceptors (Lipinski definition) is 1. The molecule has 0 spiro atoms. The quantitative estimate of drug-likeness (QED) is 0.687. The van der Waals surface area contributed by atoms with E-state index in [4.69, 9.17) is 56.5 Å². The van der Waals surface area contributed by atoms with Crippen molar-refractivity contribution in [2.24, 2.45) is 5.73 Å². The van der Waals surface area contributed by atoms with E-state index in [0.717, 1.165) is 0 Å². The van der Waals surface area contributed by atoms with Crippen LogP contribution < -0.4 is 9.61 Å². The van der Waals surface area contributed by atoms with Gasteiger partial charge in [0.1, 0.15) is 0 Å². The van der Waals surface area contributed by atoms with Gasteiger partial charge in [0.25, 0.3) is 0 Å². The van der Waals surface area contributed by atoms with Gasteiger partial charge in [-0.1, -0.05) is 0 Å². The Labute approximate surface area is 82.3 Å². The van der Waals surface area contributed by atoms with Gasteiger partial charge in [0.05, 0.1) is 0 Å². The first-order chi connectivity index (χ1) is 4.10. The van der Waals surface area contributed by atoms with Crippen molar-refractivity contribution >= 4 is 62.5 Å². The molecule has 0 saturated heterocycles. The van der Waals surface area contributed by atoms with E-state index in [0.29, 0.717) is 0 Å². The second-order valence-electron chi connectivity index (χ2n) is 1.80. The number of nitrogens with one attached hydrogen (secondary N) is 1. The molecule has 2 amide bonds. The van der Waals surface area contributed by atoms with Crippen LogP contribution >= 0.6 is 56.5 Å². The zero-order valence-corrected chi connectivity index (χ0v) is 11.2. The number of halogens is 6. The Morgan fingerprint density at radius 2 is 1.36 bits per heavy atom. The Balaban J connectivity index is 5.16. The number of carbonyl (C=O) groups excluding carboxylic acids is 1.